The molecule has 54 heavy (non-hydrogen) atoms. The van der Waals surface area contributed by atoms with Crippen LogP contribution in [0.5, 0.6) is 0 Å². The van der Waals surface area contributed by atoms with Crippen LogP contribution >= 0.6 is 0 Å². The quantitative estimate of drug-likeness (QED) is 0.140. The minimum Gasteiger partial charge on any atom is -0.463 e. The summed E-state index contributed by atoms with van der Waals surface area (Å²) in [5.41, 5.74) is 1.04. The molecule has 6 aliphatic rings. The number of aliphatic hydroxyl groups excluding tert-OH is 7. The van der Waals surface area contributed by atoms with Crippen LogP contribution in [0, 0.1) is 46.3 Å². The van der Waals surface area contributed by atoms with Crippen LogP contribution in [-0.2, 0) is 33.3 Å². The number of carbonyl (C=O) groups excluding carboxylic acids is 2. The van der Waals surface area contributed by atoms with E-state index in [0.717, 1.165) is 32.1 Å². The molecule has 2 saturated heterocycles. The van der Waals surface area contributed by atoms with Gasteiger partial charge in [-0.15, -0.1) is 0 Å². The topological polar surface area (TPSA) is 222 Å². The fourth-order valence-corrected chi connectivity index (χ4v) is 11.5. The molecule has 4 aliphatic carbocycles. The van der Waals surface area contributed by atoms with E-state index in [2.05, 4.69) is 20.8 Å². The summed E-state index contributed by atoms with van der Waals surface area (Å²) in [6.45, 7) is 9.19. The molecular weight excluding hydrogens is 704 g/mol. The molecule has 2 heterocycles. The third-order valence-corrected chi connectivity index (χ3v) is 14.6. The van der Waals surface area contributed by atoms with E-state index in [0.29, 0.717) is 37.5 Å². The van der Waals surface area contributed by atoms with E-state index in [-0.39, 0.29) is 53.5 Å². The first-order valence-corrected chi connectivity index (χ1v) is 20.1. The van der Waals surface area contributed by atoms with Gasteiger partial charge in [0, 0.05) is 20.0 Å². The summed E-state index contributed by atoms with van der Waals surface area (Å²) in [7, 11) is 0. The number of aliphatic hydroxyl groups is 7. The first-order chi connectivity index (χ1) is 25.5. The summed E-state index contributed by atoms with van der Waals surface area (Å²) < 4.78 is 29.2. The van der Waals surface area contributed by atoms with Crippen LogP contribution in [0.1, 0.15) is 92.4 Å². The predicted molar refractivity (Wildman–Crippen MR) is 191 cm³/mol. The second kappa shape index (κ2) is 16.7. The van der Waals surface area contributed by atoms with Crippen LogP contribution in [0.2, 0.25) is 0 Å². The van der Waals surface area contributed by atoms with Gasteiger partial charge < -0.3 is 59.4 Å². The Labute approximate surface area is 318 Å². The van der Waals surface area contributed by atoms with Crippen molar-refractivity contribution in [1.29, 1.82) is 0 Å². The standard InChI is InChI=1S/C40H64O14/c1-19(16-41)6-9-27(44)20(2)31-29(15-26-24-8-7-22-14-23(43)10-12-39(22,4)25(24)11-13-40(26,31)5)52-37-35(49)36(28(45)17-51-37)54-38-34(48)33(47)32(46)30(53-38)18-50-21(3)42/h14,19-20,24-38,41,44-49H,6-13,15-18H2,1-5H3. The predicted octanol–water partition coefficient (Wildman–Crippen LogP) is 1.37. The fourth-order valence-electron chi connectivity index (χ4n) is 11.5. The molecule has 0 amide bonds. The van der Waals surface area contributed by atoms with E-state index in [9.17, 15) is 45.3 Å². The van der Waals surface area contributed by atoms with Crippen LogP contribution in [0.4, 0.5) is 0 Å². The molecular formula is C40H64O14. The molecule has 3 saturated carbocycles. The maximum absolute atomic E-state index is 12.4. The van der Waals surface area contributed by atoms with E-state index < -0.39 is 80.1 Å². The highest BCUT2D eigenvalue weighted by molar-refractivity contribution is 5.91. The molecule has 308 valence electrons. The summed E-state index contributed by atoms with van der Waals surface area (Å²) in [5.74, 6) is 0.364. The third kappa shape index (κ3) is 7.96. The lowest BCUT2D eigenvalue weighted by Gasteiger charge is -2.58. The normalized spacial score (nSPS) is 46.7. The monoisotopic (exact) mass is 768 g/mol. The summed E-state index contributed by atoms with van der Waals surface area (Å²) >= 11 is 0. The number of hydrogen-bond acceptors (Lipinski definition) is 14. The smallest absolute Gasteiger partial charge is 0.302 e. The average Bonchev–Trinajstić information content (AvgIpc) is 3.44. The van der Waals surface area contributed by atoms with E-state index in [1.54, 1.807) is 0 Å². The molecule has 0 aromatic carbocycles. The molecule has 6 rings (SSSR count). The second-order valence-corrected chi connectivity index (χ2v) is 17.9. The number of ketones is 1. The van der Waals surface area contributed by atoms with E-state index in [1.807, 2.05) is 13.0 Å². The van der Waals surface area contributed by atoms with Crippen LogP contribution in [0.15, 0.2) is 11.6 Å². The molecule has 7 N–H and O–H groups in total. The van der Waals surface area contributed by atoms with Gasteiger partial charge in [0.25, 0.3) is 0 Å². The number of esters is 1. The Morgan fingerprint density at radius 1 is 0.944 bits per heavy atom. The first-order valence-electron chi connectivity index (χ1n) is 20.1. The van der Waals surface area contributed by atoms with Crippen LogP contribution in [-0.4, -0.2) is 135 Å². The molecule has 14 nitrogen and oxygen atoms in total. The van der Waals surface area contributed by atoms with Gasteiger partial charge in [-0.05, 0) is 104 Å². The van der Waals surface area contributed by atoms with Gasteiger partial charge in [0.1, 0.15) is 49.3 Å². The average molecular weight is 769 g/mol. The Hall–Kier alpha value is -1.56. The van der Waals surface area contributed by atoms with Gasteiger partial charge in [-0.3, -0.25) is 9.59 Å². The lowest BCUT2D eigenvalue weighted by atomic mass is 9.46. The van der Waals surface area contributed by atoms with Crippen molar-refractivity contribution in [2.45, 2.75) is 160 Å². The van der Waals surface area contributed by atoms with Crippen LogP contribution < -0.4 is 0 Å². The Bertz CT molecular complexity index is 1360. The van der Waals surface area contributed by atoms with E-state index in [1.165, 1.54) is 12.5 Å². The molecule has 0 aromatic heterocycles. The Balaban J connectivity index is 1.23. The van der Waals surface area contributed by atoms with Crippen molar-refractivity contribution in [3.63, 3.8) is 0 Å². The Morgan fingerprint density at radius 3 is 2.39 bits per heavy atom. The molecule has 14 heteroatoms. The molecule has 0 aromatic rings. The number of rotatable bonds is 12. The largest absolute Gasteiger partial charge is 0.463 e. The minimum atomic E-state index is -1.75. The maximum Gasteiger partial charge on any atom is 0.302 e. The van der Waals surface area contributed by atoms with Crippen LogP contribution in [0.25, 0.3) is 0 Å². The van der Waals surface area contributed by atoms with Gasteiger partial charge in [-0.2, -0.15) is 0 Å². The number of allylic oxidation sites excluding steroid dienone is 1. The van der Waals surface area contributed by atoms with Crippen molar-refractivity contribution < 1.29 is 69.0 Å². The summed E-state index contributed by atoms with van der Waals surface area (Å²) in [6, 6.07) is 0. The molecule has 2 aliphatic heterocycles. The molecule has 19 unspecified atom stereocenters. The first kappa shape index (κ1) is 42.1. The SMILES string of the molecule is CC(=O)OCC1OC(OC2C(O)COC(OC3CC4C5CCC6=CC(=O)CCC6(C)C5CCC4(C)C3C(C)C(O)CCC(C)CO)C2O)C(O)C(O)C1O. The van der Waals surface area contributed by atoms with E-state index >= 15 is 0 Å². The van der Waals surface area contributed by atoms with Gasteiger partial charge >= 0.3 is 5.97 Å². The lowest BCUT2D eigenvalue weighted by Crippen LogP contribution is -2.63. The van der Waals surface area contributed by atoms with E-state index in [4.69, 9.17) is 23.7 Å². The van der Waals surface area contributed by atoms with Gasteiger partial charge in [-0.25, -0.2) is 0 Å². The van der Waals surface area contributed by atoms with Gasteiger partial charge in [0.05, 0.1) is 18.8 Å². The summed E-state index contributed by atoms with van der Waals surface area (Å²) in [6.07, 6.45) is -5.63. The number of fused-ring (bicyclic) bond motifs is 5. The fraction of sp³-hybridized carbons (Fsp3) is 0.900. The number of hydrogen-bond donors (Lipinski definition) is 7. The van der Waals surface area contributed by atoms with Crippen molar-refractivity contribution in [2.24, 2.45) is 46.3 Å². The van der Waals surface area contributed by atoms with Crippen molar-refractivity contribution >= 4 is 11.8 Å². The zero-order valence-corrected chi connectivity index (χ0v) is 32.4. The highest BCUT2D eigenvalue weighted by Crippen LogP contribution is 2.68. The maximum atomic E-state index is 12.4. The molecule has 0 radical (unpaired) electrons. The van der Waals surface area contributed by atoms with Crippen molar-refractivity contribution in [3.05, 3.63) is 11.6 Å². The zero-order valence-electron chi connectivity index (χ0n) is 32.4. The minimum absolute atomic E-state index is 0.0336. The highest BCUT2D eigenvalue weighted by atomic mass is 16.7. The number of carbonyl (C=O) groups is 2. The van der Waals surface area contributed by atoms with Crippen molar-refractivity contribution in [1.82, 2.24) is 0 Å². The molecule has 5 fully saturated rings. The summed E-state index contributed by atoms with van der Waals surface area (Å²) in [4.78, 5) is 23.8. The second-order valence-electron chi connectivity index (χ2n) is 17.9. The van der Waals surface area contributed by atoms with Gasteiger partial charge in [0.2, 0.25) is 0 Å². The Kier molecular flexibility index (Phi) is 13.0. The molecule has 19 atom stereocenters. The zero-order chi connectivity index (χ0) is 39.3. The van der Waals surface area contributed by atoms with Crippen molar-refractivity contribution in [2.75, 3.05) is 19.8 Å². The molecule has 0 spiro atoms. The van der Waals surface area contributed by atoms with Gasteiger partial charge in [-0.1, -0.05) is 33.3 Å². The van der Waals surface area contributed by atoms with Crippen LogP contribution in [0.3, 0.4) is 0 Å². The third-order valence-electron chi connectivity index (χ3n) is 14.6. The van der Waals surface area contributed by atoms with Gasteiger partial charge in [0.15, 0.2) is 18.4 Å². The molecule has 0 bridgehead atoms. The lowest BCUT2D eigenvalue weighted by molar-refractivity contribution is -0.353. The highest BCUT2D eigenvalue weighted by Gasteiger charge is 2.63. The Morgan fingerprint density at radius 2 is 1.69 bits per heavy atom. The number of ether oxygens (including phenoxy) is 5. The van der Waals surface area contributed by atoms with Crippen molar-refractivity contribution in [3.8, 4) is 0 Å². The summed E-state index contributed by atoms with van der Waals surface area (Å²) in [5, 5.41) is 75.6.